The van der Waals surface area contributed by atoms with Gasteiger partial charge in [-0.25, -0.2) is 0 Å². The molecule has 3 aromatic rings. The zero-order valence-electron chi connectivity index (χ0n) is 19.2. The monoisotopic (exact) mass is 439 g/mol. The molecule has 0 radical (unpaired) electrons. The molecule has 1 unspecified atom stereocenters. The number of rotatable bonds is 8. The molecule has 0 bridgehead atoms. The molecule has 3 aromatic carbocycles. The Balaban J connectivity index is 1.54. The van der Waals surface area contributed by atoms with E-state index in [4.69, 9.17) is 0 Å². The van der Waals surface area contributed by atoms with Crippen molar-refractivity contribution in [3.63, 3.8) is 0 Å². The number of aliphatic hydroxyl groups excluding tert-OH is 1. The van der Waals surface area contributed by atoms with Crippen molar-refractivity contribution in [3.05, 3.63) is 101 Å². The predicted molar refractivity (Wildman–Crippen MR) is 135 cm³/mol. The summed E-state index contributed by atoms with van der Waals surface area (Å²) in [7, 11) is 0. The first-order valence-corrected chi connectivity index (χ1v) is 12.3. The third kappa shape index (κ3) is 5.05. The highest BCUT2D eigenvalue weighted by Crippen LogP contribution is 2.38. The van der Waals surface area contributed by atoms with E-state index in [-0.39, 0.29) is 12.4 Å². The minimum atomic E-state index is 0.164. The Morgan fingerprint density at radius 3 is 2.09 bits per heavy atom. The summed E-state index contributed by atoms with van der Waals surface area (Å²) in [6.07, 6.45) is 5.51. The topological polar surface area (TPSA) is 43.7 Å². The second kappa shape index (κ2) is 9.94. The molecule has 33 heavy (non-hydrogen) atoms. The van der Waals surface area contributed by atoms with Crippen LogP contribution in [0.25, 0.3) is 11.1 Å². The molecule has 1 aliphatic carbocycles. The van der Waals surface area contributed by atoms with E-state index in [1.165, 1.54) is 60.2 Å². The van der Waals surface area contributed by atoms with Crippen molar-refractivity contribution in [1.29, 1.82) is 0 Å². The molecule has 1 saturated carbocycles. The van der Waals surface area contributed by atoms with Crippen LogP contribution >= 0.6 is 0 Å². The Kier molecular flexibility index (Phi) is 6.61. The van der Waals surface area contributed by atoms with E-state index in [2.05, 4.69) is 53.4 Å². The molecule has 5 rings (SSSR count). The number of aliphatic hydroxyl groups is 1. The van der Waals surface area contributed by atoms with Gasteiger partial charge in [0.2, 0.25) is 0 Å². The first-order valence-electron chi connectivity index (χ1n) is 12.3. The van der Waals surface area contributed by atoms with Gasteiger partial charge < -0.3 is 10.2 Å². The van der Waals surface area contributed by atoms with Gasteiger partial charge in [-0.2, -0.15) is 0 Å². The lowest BCUT2D eigenvalue weighted by Gasteiger charge is -2.19. The van der Waals surface area contributed by atoms with Crippen molar-refractivity contribution in [2.24, 2.45) is 0 Å². The molecule has 1 saturated heterocycles. The van der Waals surface area contributed by atoms with E-state index in [0.29, 0.717) is 12.3 Å². The highest BCUT2D eigenvalue weighted by molar-refractivity contribution is 5.98. The zero-order valence-corrected chi connectivity index (χ0v) is 19.2. The Morgan fingerprint density at radius 2 is 1.45 bits per heavy atom. The van der Waals surface area contributed by atoms with E-state index >= 15 is 0 Å². The number of nitrogens with zero attached hydrogens (tertiary/aromatic N) is 1. The van der Waals surface area contributed by atoms with E-state index in [0.717, 1.165) is 18.0 Å². The lowest BCUT2D eigenvalue weighted by molar-refractivity contribution is 0.290. The van der Waals surface area contributed by atoms with E-state index in [1.807, 2.05) is 18.2 Å². The number of phenolic OH excluding ortho intramolecular Hbond substituents is 1. The molecule has 1 heterocycles. The Hall–Kier alpha value is -2.88. The standard InChI is InChI=1S/C30H33NO2/c32-20-4-7-29(23-5-2-1-3-6-23)30(25-12-16-28(33)17-13-25)24-10-8-22(9-11-24)26-18-19-31(21-26)27-14-15-27/h1-3,5-6,8-13,16-17,26-27,32-33H,4,7,14-15,18-21H2/b30-29+. The van der Waals surface area contributed by atoms with Gasteiger partial charge in [-0.1, -0.05) is 66.7 Å². The van der Waals surface area contributed by atoms with Gasteiger partial charge in [0.05, 0.1) is 0 Å². The largest absolute Gasteiger partial charge is 0.508 e. The Morgan fingerprint density at radius 1 is 0.788 bits per heavy atom. The molecule has 0 aromatic heterocycles. The molecule has 2 fully saturated rings. The third-order valence-electron chi connectivity index (χ3n) is 7.12. The third-order valence-corrected chi connectivity index (χ3v) is 7.12. The van der Waals surface area contributed by atoms with E-state index in [9.17, 15) is 10.2 Å². The quantitative estimate of drug-likeness (QED) is 0.418. The van der Waals surface area contributed by atoms with Crippen LogP contribution in [0.1, 0.15) is 60.3 Å². The molecule has 1 atom stereocenters. The average Bonchev–Trinajstić information content (AvgIpc) is 3.60. The van der Waals surface area contributed by atoms with Crippen LogP contribution in [0.3, 0.4) is 0 Å². The molecule has 2 N–H and O–H groups in total. The van der Waals surface area contributed by atoms with Crippen LogP contribution in [0.5, 0.6) is 5.75 Å². The molecular formula is C30H33NO2. The lowest BCUT2D eigenvalue weighted by Crippen LogP contribution is -2.22. The smallest absolute Gasteiger partial charge is 0.115 e. The van der Waals surface area contributed by atoms with Gasteiger partial charge in [0, 0.05) is 19.2 Å². The second-order valence-corrected chi connectivity index (χ2v) is 9.43. The fraction of sp³-hybridized carbons (Fsp3) is 0.333. The second-order valence-electron chi connectivity index (χ2n) is 9.43. The maximum atomic E-state index is 9.88. The average molecular weight is 440 g/mol. The van der Waals surface area contributed by atoms with Crippen molar-refractivity contribution in [3.8, 4) is 5.75 Å². The number of hydrogen-bond acceptors (Lipinski definition) is 3. The van der Waals surface area contributed by atoms with Gasteiger partial charge in [-0.15, -0.1) is 0 Å². The van der Waals surface area contributed by atoms with Gasteiger partial charge in [0.1, 0.15) is 5.75 Å². The first-order chi connectivity index (χ1) is 16.2. The van der Waals surface area contributed by atoms with Crippen molar-refractivity contribution >= 4 is 11.1 Å². The predicted octanol–water partition coefficient (Wildman–Crippen LogP) is 6.08. The fourth-order valence-electron chi connectivity index (χ4n) is 5.20. The fourth-order valence-corrected chi connectivity index (χ4v) is 5.20. The number of allylic oxidation sites excluding steroid dienone is 1. The molecule has 1 aliphatic heterocycles. The Labute approximate surface area is 197 Å². The van der Waals surface area contributed by atoms with E-state index in [1.54, 1.807) is 12.1 Å². The summed E-state index contributed by atoms with van der Waals surface area (Å²) in [6.45, 7) is 2.59. The van der Waals surface area contributed by atoms with Gasteiger partial charge in [0.15, 0.2) is 0 Å². The van der Waals surface area contributed by atoms with Crippen LogP contribution in [0.15, 0.2) is 78.9 Å². The Bertz CT molecular complexity index is 1080. The minimum absolute atomic E-state index is 0.164. The molecular weight excluding hydrogens is 406 g/mol. The molecule has 3 heteroatoms. The molecule has 3 nitrogen and oxygen atoms in total. The number of hydrogen-bond donors (Lipinski definition) is 2. The van der Waals surface area contributed by atoms with Gasteiger partial charge in [-0.3, -0.25) is 4.90 Å². The zero-order chi connectivity index (χ0) is 22.6. The number of phenols is 1. The van der Waals surface area contributed by atoms with Gasteiger partial charge >= 0.3 is 0 Å². The summed E-state index contributed by atoms with van der Waals surface area (Å²) in [5.41, 5.74) is 7.27. The van der Waals surface area contributed by atoms with Gasteiger partial charge in [0.25, 0.3) is 0 Å². The summed E-state index contributed by atoms with van der Waals surface area (Å²) in [5, 5.41) is 19.5. The first kappa shape index (κ1) is 21.9. The highest BCUT2D eigenvalue weighted by atomic mass is 16.3. The van der Waals surface area contributed by atoms with Crippen LogP contribution in [0.4, 0.5) is 0 Å². The van der Waals surface area contributed by atoms with Crippen LogP contribution in [-0.2, 0) is 0 Å². The van der Waals surface area contributed by atoms with Crippen LogP contribution < -0.4 is 0 Å². The molecule has 0 amide bonds. The minimum Gasteiger partial charge on any atom is -0.508 e. The number of benzene rings is 3. The van der Waals surface area contributed by atoms with Crippen molar-refractivity contribution in [1.82, 2.24) is 4.90 Å². The van der Waals surface area contributed by atoms with Gasteiger partial charge in [-0.05, 0) is 90.1 Å². The van der Waals surface area contributed by atoms with Crippen LogP contribution in [-0.4, -0.2) is 40.9 Å². The summed E-state index contributed by atoms with van der Waals surface area (Å²) in [5.74, 6) is 0.898. The molecule has 2 aliphatic rings. The summed E-state index contributed by atoms with van der Waals surface area (Å²) >= 11 is 0. The van der Waals surface area contributed by atoms with Crippen molar-refractivity contribution in [2.75, 3.05) is 19.7 Å². The van der Waals surface area contributed by atoms with Crippen molar-refractivity contribution < 1.29 is 10.2 Å². The summed E-state index contributed by atoms with van der Waals surface area (Å²) < 4.78 is 0. The lowest BCUT2D eigenvalue weighted by atomic mass is 9.86. The number of aromatic hydroxyl groups is 1. The SMILES string of the molecule is OCCC/C(=C(\c1ccc(O)cc1)c1ccc(C2CCN(C3CC3)C2)cc1)c1ccccc1. The van der Waals surface area contributed by atoms with Crippen LogP contribution in [0, 0.1) is 0 Å². The normalized spacial score (nSPS) is 19.5. The molecule has 170 valence electrons. The summed E-state index contributed by atoms with van der Waals surface area (Å²) in [6, 6.07) is 27.9. The maximum Gasteiger partial charge on any atom is 0.115 e. The number of likely N-dealkylation sites (tertiary alicyclic amines) is 1. The van der Waals surface area contributed by atoms with E-state index < -0.39 is 0 Å². The highest BCUT2D eigenvalue weighted by Gasteiger charge is 2.34. The summed E-state index contributed by atoms with van der Waals surface area (Å²) in [4.78, 5) is 2.67. The molecule has 0 spiro atoms. The van der Waals surface area contributed by atoms with Crippen molar-refractivity contribution in [2.45, 2.75) is 44.1 Å². The maximum absolute atomic E-state index is 9.88. The van der Waals surface area contributed by atoms with Crippen LogP contribution in [0.2, 0.25) is 0 Å².